The number of hydrogen-bond donors (Lipinski definition) is 1. The summed E-state index contributed by atoms with van der Waals surface area (Å²) >= 11 is 0. The molecule has 2 rings (SSSR count). The molecule has 0 radical (unpaired) electrons. The first-order valence-corrected chi connectivity index (χ1v) is 6.64. The maximum Gasteiger partial charge on any atom is 0.130 e. The van der Waals surface area contributed by atoms with Crippen LogP contribution in [0, 0.1) is 11.3 Å². The van der Waals surface area contributed by atoms with Crippen molar-refractivity contribution < 1.29 is 0 Å². The van der Waals surface area contributed by atoms with Gasteiger partial charge in [-0.2, -0.15) is 5.26 Å². The molecule has 1 aliphatic heterocycles. The van der Waals surface area contributed by atoms with Crippen molar-refractivity contribution in [2.75, 3.05) is 18.0 Å². The Labute approximate surface area is 109 Å². The Bertz CT molecular complexity index is 438. The van der Waals surface area contributed by atoms with Crippen LogP contribution >= 0.6 is 0 Å². The van der Waals surface area contributed by atoms with E-state index >= 15 is 0 Å². The van der Waals surface area contributed by atoms with Crippen LogP contribution in [0.3, 0.4) is 0 Å². The lowest BCUT2D eigenvalue weighted by Crippen LogP contribution is -2.56. The second-order valence-corrected chi connectivity index (χ2v) is 4.74. The zero-order chi connectivity index (χ0) is 13.0. The van der Waals surface area contributed by atoms with E-state index in [1.807, 2.05) is 6.07 Å². The lowest BCUT2D eigenvalue weighted by Gasteiger charge is -2.40. The fourth-order valence-electron chi connectivity index (χ4n) is 2.43. The highest BCUT2D eigenvalue weighted by atomic mass is 15.3. The molecular formula is C14H20N4. The Morgan fingerprint density at radius 2 is 2.33 bits per heavy atom. The number of anilines is 1. The molecule has 0 aliphatic carbocycles. The number of nitrogens with zero attached hydrogens (tertiary/aromatic N) is 3. The number of piperazine rings is 1. The molecule has 1 aromatic heterocycles. The summed E-state index contributed by atoms with van der Waals surface area (Å²) in [5, 5.41) is 12.5. The molecule has 1 aromatic rings. The molecular weight excluding hydrogens is 224 g/mol. The first-order valence-electron chi connectivity index (χ1n) is 6.64. The molecule has 0 spiro atoms. The molecule has 0 amide bonds. The van der Waals surface area contributed by atoms with Crippen LogP contribution in [0.15, 0.2) is 18.3 Å². The van der Waals surface area contributed by atoms with Crippen molar-refractivity contribution in [3.05, 3.63) is 23.9 Å². The lowest BCUT2D eigenvalue weighted by molar-refractivity contribution is 0.377. The Morgan fingerprint density at radius 1 is 1.50 bits per heavy atom. The van der Waals surface area contributed by atoms with E-state index in [1.54, 1.807) is 12.3 Å². The van der Waals surface area contributed by atoms with Gasteiger partial charge in [-0.1, -0.05) is 13.8 Å². The maximum absolute atomic E-state index is 8.97. The highest BCUT2D eigenvalue weighted by Gasteiger charge is 2.26. The van der Waals surface area contributed by atoms with Crippen LogP contribution in [-0.4, -0.2) is 30.2 Å². The first-order chi connectivity index (χ1) is 8.78. The fourth-order valence-corrected chi connectivity index (χ4v) is 2.43. The summed E-state index contributed by atoms with van der Waals surface area (Å²) in [7, 11) is 0. The summed E-state index contributed by atoms with van der Waals surface area (Å²) in [6, 6.07) is 6.81. The molecule has 4 heteroatoms. The standard InChI is InChI=1S/C14H20N4/c1-3-12-10-18(13(4-2)9-17-12)14-7-11(8-15)5-6-16-14/h5-7,12-13,17H,3-4,9-10H2,1-2H3. The van der Waals surface area contributed by atoms with Crippen LogP contribution in [0.5, 0.6) is 0 Å². The van der Waals surface area contributed by atoms with Gasteiger partial charge in [0.2, 0.25) is 0 Å². The molecule has 1 fully saturated rings. The van der Waals surface area contributed by atoms with Crippen LogP contribution in [0.25, 0.3) is 0 Å². The summed E-state index contributed by atoms with van der Waals surface area (Å²) in [5.74, 6) is 0.931. The minimum absolute atomic E-state index is 0.467. The summed E-state index contributed by atoms with van der Waals surface area (Å²) in [5.41, 5.74) is 0.682. The summed E-state index contributed by atoms with van der Waals surface area (Å²) < 4.78 is 0. The van der Waals surface area contributed by atoms with E-state index in [1.165, 1.54) is 0 Å². The summed E-state index contributed by atoms with van der Waals surface area (Å²) in [4.78, 5) is 6.76. The van der Waals surface area contributed by atoms with Gasteiger partial charge in [-0.25, -0.2) is 4.98 Å². The van der Waals surface area contributed by atoms with Crippen molar-refractivity contribution in [3.8, 4) is 6.07 Å². The Kier molecular flexibility index (Phi) is 4.16. The van der Waals surface area contributed by atoms with Crippen LogP contribution in [0.4, 0.5) is 5.82 Å². The van der Waals surface area contributed by atoms with Crippen molar-refractivity contribution in [1.29, 1.82) is 5.26 Å². The second-order valence-electron chi connectivity index (χ2n) is 4.74. The van der Waals surface area contributed by atoms with Crippen molar-refractivity contribution in [2.24, 2.45) is 0 Å². The van der Waals surface area contributed by atoms with Gasteiger partial charge in [-0.05, 0) is 25.0 Å². The van der Waals surface area contributed by atoms with Crippen molar-refractivity contribution in [2.45, 2.75) is 38.8 Å². The van der Waals surface area contributed by atoms with Crippen LogP contribution < -0.4 is 10.2 Å². The Morgan fingerprint density at radius 3 is 3.00 bits per heavy atom. The molecule has 2 atom stereocenters. The van der Waals surface area contributed by atoms with Gasteiger partial charge in [0, 0.05) is 31.4 Å². The van der Waals surface area contributed by atoms with Crippen LogP contribution in [0.2, 0.25) is 0 Å². The molecule has 18 heavy (non-hydrogen) atoms. The van der Waals surface area contributed by atoms with E-state index in [0.29, 0.717) is 17.6 Å². The zero-order valence-corrected chi connectivity index (χ0v) is 11.1. The number of pyridine rings is 1. The van der Waals surface area contributed by atoms with Gasteiger partial charge >= 0.3 is 0 Å². The minimum Gasteiger partial charge on any atom is -0.351 e. The predicted octanol–water partition coefficient (Wildman–Crippen LogP) is 1.92. The normalized spacial score (nSPS) is 23.7. The zero-order valence-electron chi connectivity index (χ0n) is 11.1. The molecule has 2 unspecified atom stereocenters. The number of rotatable bonds is 3. The highest BCUT2D eigenvalue weighted by Crippen LogP contribution is 2.20. The molecule has 1 N–H and O–H groups in total. The molecule has 0 saturated carbocycles. The molecule has 1 saturated heterocycles. The lowest BCUT2D eigenvalue weighted by atomic mass is 10.0. The third-order valence-electron chi connectivity index (χ3n) is 3.63. The molecule has 96 valence electrons. The van der Waals surface area contributed by atoms with Gasteiger partial charge in [0.25, 0.3) is 0 Å². The van der Waals surface area contributed by atoms with E-state index in [2.05, 4.69) is 35.1 Å². The van der Waals surface area contributed by atoms with Gasteiger partial charge in [-0.3, -0.25) is 0 Å². The smallest absolute Gasteiger partial charge is 0.130 e. The minimum atomic E-state index is 0.467. The van der Waals surface area contributed by atoms with E-state index in [4.69, 9.17) is 5.26 Å². The average Bonchev–Trinajstić information content (AvgIpc) is 2.46. The molecule has 1 aliphatic rings. The van der Waals surface area contributed by atoms with Gasteiger partial charge in [-0.15, -0.1) is 0 Å². The van der Waals surface area contributed by atoms with Crippen molar-refractivity contribution >= 4 is 5.82 Å². The van der Waals surface area contributed by atoms with E-state index in [-0.39, 0.29) is 0 Å². The first kappa shape index (κ1) is 12.8. The predicted molar refractivity (Wildman–Crippen MR) is 72.5 cm³/mol. The van der Waals surface area contributed by atoms with Gasteiger partial charge in [0.15, 0.2) is 0 Å². The van der Waals surface area contributed by atoms with E-state index < -0.39 is 0 Å². The molecule has 2 heterocycles. The van der Waals surface area contributed by atoms with Gasteiger partial charge in [0.1, 0.15) is 5.82 Å². The largest absolute Gasteiger partial charge is 0.351 e. The number of aromatic nitrogens is 1. The fraction of sp³-hybridized carbons (Fsp3) is 0.571. The molecule has 4 nitrogen and oxygen atoms in total. The van der Waals surface area contributed by atoms with Crippen LogP contribution in [-0.2, 0) is 0 Å². The van der Waals surface area contributed by atoms with Crippen LogP contribution in [0.1, 0.15) is 32.3 Å². The molecule has 0 bridgehead atoms. The quantitative estimate of drug-likeness (QED) is 0.882. The summed E-state index contributed by atoms with van der Waals surface area (Å²) in [6.45, 7) is 6.35. The number of nitriles is 1. The number of nitrogens with one attached hydrogen (secondary N) is 1. The van der Waals surface area contributed by atoms with E-state index in [9.17, 15) is 0 Å². The Balaban J connectivity index is 2.24. The van der Waals surface area contributed by atoms with Gasteiger partial charge in [0.05, 0.1) is 11.6 Å². The van der Waals surface area contributed by atoms with Gasteiger partial charge < -0.3 is 10.2 Å². The average molecular weight is 244 g/mol. The molecule has 0 aromatic carbocycles. The third-order valence-corrected chi connectivity index (χ3v) is 3.63. The Hall–Kier alpha value is -1.60. The summed E-state index contributed by atoms with van der Waals surface area (Å²) in [6.07, 6.45) is 3.93. The maximum atomic E-state index is 8.97. The van der Waals surface area contributed by atoms with Crippen molar-refractivity contribution in [3.63, 3.8) is 0 Å². The SMILES string of the molecule is CCC1CN(c2cc(C#N)ccn2)C(CC)CN1. The topological polar surface area (TPSA) is 52.0 Å². The number of hydrogen-bond acceptors (Lipinski definition) is 4. The highest BCUT2D eigenvalue weighted by molar-refractivity contribution is 5.46. The monoisotopic (exact) mass is 244 g/mol. The second kappa shape index (κ2) is 5.83. The van der Waals surface area contributed by atoms with Crippen molar-refractivity contribution in [1.82, 2.24) is 10.3 Å². The van der Waals surface area contributed by atoms with E-state index in [0.717, 1.165) is 31.7 Å². The third kappa shape index (κ3) is 2.62.